The summed E-state index contributed by atoms with van der Waals surface area (Å²) < 4.78 is 5.66. The number of cyclic esters (lactones) is 1. The molecule has 0 spiro atoms. The third-order valence-electron chi connectivity index (χ3n) is 7.05. The van der Waals surface area contributed by atoms with Crippen molar-refractivity contribution in [1.29, 1.82) is 0 Å². The molecule has 0 aromatic carbocycles. The van der Waals surface area contributed by atoms with E-state index in [1.54, 1.807) is 0 Å². The van der Waals surface area contributed by atoms with Gasteiger partial charge in [-0.3, -0.25) is 4.79 Å². The number of hydrogen-bond donors (Lipinski definition) is 1. The largest absolute Gasteiger partial charge is 0.461 e. The van der Waals surface area contributed by atoms with Gasteiger partial charge in [0.2, 0.25) is 0 Å². The number of esters is 1. The fourth-order valence-corrected chi connectivity index (χ4v) is 7.71. The molecule has 1 N–H and O–H groups in total. The highest BCUT2D eigenvalue weighted by molar-refractivity contribution is 6.83. The zero-order valence-corrected chi connectivity index (χ0v) is 21.2. The standard InChI is InChI=1S/C25H50O3Si/c1-6-8-10-12-13-14-16-18-20-25(29(3,4)5)23(28-24(25)27)21-22(26)19-17-15-11-9-7-2/h22-23,26H,6-21H2,1-5H3/t22-,23+,25+/m1/s1. The Morgan fingerprint density at radius 2 is 1.34 bits per heavy atom. The van der Waals surface area contributed by atoms with Crippen LogP contribution in [0.3, 0.4) is 0 Å². The third kappa shape index (κ3) is 8.36. The van der Waals surface area contributed by atoms with Crippen LogP contribution in [0.1, 0.15) is 117 Å². The van der Waals surface area contributed by atoms with Gasteiger partial charge in [-0.25, -0.2) is 0 Å². The Morgan fingerprint density at radius 3 is 1.83 bits per heavy atom. The molecule has 0 aliphatic carbocycles. The van der Waals surface area contributed by atoms with Gasteiger partial charge in [0.25, 0.3) is 0 Å². The van der Waals surface area contributed by atoms with Crippen molar-refractivity contribution in [2.75, 3.05) is 0 Å². The fourth-order valence-electron chi connectivity index (χ4n) is 4.97. The number of ether oxygens (including phenoxy) is 1. The lowest BCUT2D eigenvalue weighted by molar-refractivity contribution is -0.186. The van der Waals surface area contributed by atoms with E-state index < -0.39 is 8.07 Å². The number of hydrogen-bond acceptors (Lipinski definition) is 3. The van der Waals surface area contributed by atoms with Crippen LogP contribution in [0.25, 0.3) is 0 Å². The molecule has 0 aromatic heterocycles. The van der Waals surface area contributed by atoms with Crippen LogP contribution >= 0.6 is 0 Å². The van der Waals surface area contributed by atoms with Crippen molar-refractivity contribution in [3.8, 4) is 0 Å². The molecular weight excluding hydrogens is 376 g/mol. The molecule has 1 aliphatic heterocycles. The van der Waals surface area contributed by atoms with E-state index in [0.29, 0.717) is 6.42 Å². The Hall–Kier alpha value is -0.353. The Kier molecular flexibility index (Phi) is 12.7. The summed E-state index contributed by atoms with van der Waals surface area (Å²) >= 11 is 0. The number of carbonyl (C=O) groups is 1. The van der Waals surface area contributed by atoms with Gasteiger partial charge in [-0.1, -0.05) is 117 Å². The molecule has 3 nitrogen and oxygen atoms in total. The molecular formula is C25H50O3Si. The van der Waals surface area contributed by atoms with E-state index in [4.69, 9.17) is 4.74 Å². The van der Waals surface area contributed by atoms with Crippen molar-refractivity contribution in [3.05, 3.63) is 0 Å². The average Bonchev–Trinajstić information content (AvgIpc) is 2.65. The van der Waals surface area contributed by atoms with Crippen LogP contribution in [0.2, 0.25) is 24.7 Å². The number of rotatable bonds is 18. The first kappa shape index (κ1) is 26.7. The summed E-state index contributed by atoms with van der Waals surface area (Å²) in [5.74, 6) is 0.0276. The lowest BCUT2D eigenvalue weighted by Gasteiger charge is -2.54. The lowest BCUT2D eigenvalue weighted by atomic mass is 9.85. The summed E-state index contributed by atoms with van der Waals surface area (Å²) in [6, 6.07) is 0. The predicted molar refractivity (Wildman–Crippen MR) is 127 cm³/mol. The molecule has 0 radical (unpaired) electrons. The van der Waals surface area contributed by atoms with Crippen LogP contribution < -0.4 is 0 Å². The van der Waals surface area contributed by atoms with Crippen LogP contribution in [-0.2, 0) is 9.53 Å². The molecule has 1 aliphatic rings. The first-order valence-corrected chi connectivity index (χ1v) is 16.2. The van der Waals surface area contributed by atoms with Gasteiger partial charge in [0.15, 0.2) is 0 Å². The maximum Gasteiger partial charge on any atom is 0.313 e. The summed E-state index contributed by atoms with van der Waals surface area (Å²) in [5, 5.41) is 10.3. The van der Waals surface area contributed by atoms with E-state index in [9.17, 15) is 9.90 Å². The van der Waals surface area contributed by atoms with Crippen LogP contribution in [0.4, 0.5) is 0 Å². The molecule has 0 aromatic rings. The van der Waals surface area contributed by atoms with Gasteiger partial charge < -0.3 is 9.84 Å². The summed E-state index contributed by atoms with van der Waals surface area (Å²) in [7, 11) is -1.74. The molecule has 172 valence electrons. The van der Waals surface area contributed by atoms with Crippen LogP contribution in [-0.4, -0.2) is 31.4 Å². The average molecular weight is 427 g/mol. The molecule has 1 saturated heterocycles. The number of carbonyl (C=O) groups excluding carboxylic acids is 1. The van der Waals surface area contributed by atoms with Crippen molar-refractivity contribution in [1.82, 2.24) is 0 Å². The van der Waals surface area contributed by atoms with Crippen molar-refractivity contribution < 1.29 is 14.6 Å². The van der Waals surface area contributed by atoms with E-state index in [2.05, 4.69) is 33.5 Å². The van der Waals surface area contributed by atoms with Gasteiger partial charge in [-0.2, -0.15) is 0 Å². The number of unbranched alkanes of at least 4 members (excludes halogenated alkanes) is 11. The Bertz CT molecular complexity index is 446. The molecule has 0 bridgehead atoms. The van der Waals surface area contributed by atoms with Crippen molar-refractivity contribution in [2.24, 2.45) is 0 Å². The molecule has 4 heteroatoms. The minimum Gasteiger partial charge on any atom is -0.461 e. The van der Waals surface area contributed by atoms with Crippen molar-refractivity contribution in [2.45, 2.75) is 153 Å². The molecule has 1 heterocycles. The van der Waals surface area contributed by atoms with E-state index in [-0.39, 0.29) is 23.2 Å². The van der Waals surface area contributed by atoms with Crippen LogP contribution in [0, 0.1) is 0 Å². The third-order valence-corrected chi connectivity index (χ3v) is 10.5. The second-order valence-electron chi connectivity index (χ2n) is 10.4. The number of aliphatic hydroxyl groups is 1. The van der Waals surface area contributed by atoms with Crippen LogP contribution in [0.5, 0.6) is 0 Å². The normalized spacial score (nSPS) is 23.0. The van der Waals surface area contributed by atoms with Gasteiger partial charge in [-0.15, -0.1) is 0 Å². The quantitative estimate of drug-likeness (QED) is 0.139. The first-order valence-electron chi connectivity index (χ1n) is 12.7. The van der Waals surface area contributed by atoms with Crippen molar-refractivity contribution >= 4 is 14.0 Å². The monoisotopic (exact) mass is 426 g/mol. The molecule has 0 saturated carbocycles. The van der Waals surface area contributed by atoms with E-state index in [1.165, 1.54) is 70.6 Å². The predicted octanol–water partition coefficient (Wildman–Crippen LogP) is 7.63. The Morgan fingerprint density at radius 1 is 0.862 bits per heavy atom. The van der Waals surface area contributed by atoms with Gasteiger partial charge in [-0.05, 0) is 12.8 Å². The van der Waals surface area contributed by atoms with E-state index in [0.717, 1.165) is 25.7 Å². The molecule has 0 unspecified atom stereocenters. The molecule has 29 heavy (non-hydrogen) atoms. The van der Waals surface area contributed by atoms with Crippen LogP contribution in [0.15, 0.2) is 0 Å². The molecule has 1 rings (SSSR count). The smallest absolute Gasteiger partial charge is 0.313 e. The summed E-state index contributed by atoms with van der Waals surface area (Å²) in [6.07, 6.45) is 18.5. The summed E-state index contributed by atoms with van der Waals surface area (Å²) in [5.41, 5.74) is 0. The van der Waals surface area contributed by atoms with E-state index >= 15 is 0 Å². The minimum absolute atomic E-state index is 0.0276. The maximum absolute atomic E-state index is 12.7. The Balaban J connectivity index is 2.46. The van der Waals surface area contributed by atoms with Gasteiger partial charge in [0.05, 0.1) is 19.2 Å². The summed E-state index contributed by atoms with van der Waals surface area (Å²) in [6.45, 7) is 11.4. The highest BCUT2D eigenvalue weighted by Gasteiger charge is 2.64. The number of aliphatic hydroxyl groups excluding tert-OH is 1. The fraction of sp³-hybridized carbons (Fsp3) is 0.960. The zero-order chi connectivity index (χ0) is 21.8. The second kappa shape index (κ2) is 13.9. The van der Waals surface area contributed by atoms with Crippen molar-refractivity contribution in [3.63, 3.8) is 0 Å². The minimum atomic E-state index is -1.74. The maximum atomic E-state index is 12.7. The topological polar surface area (TPSA) is 46.5 Å². The highest BCUT2D eigenvalue weighted by atomic mass is 28.3. The Labute approximate surface area is 182 Å². The van der Waals surface area contributed by atoms with E-state index in [1.807, 2.05) is 0 Å². The SMILES string of the molecule is CCCCCCCCCC[C@@]1([Si](C)(C)C)C(=O)O[C@H]1C[C@H](O)CCCCCCC. The lowest BCUT2D eigenvalue weighted by Crippen LogP contribution is -2.63. The van der Waals surface area contributed by atoms with Gasteiger partial charge in [0, 0.05) is 6.42 Å². The second-order valence-corrected chi connectivity index (χ2v) is 15.8. The zero-order valence-electron chi connectivity index (χ0n) is 20.2. The molecule has 3 atom stereocenters. The van der Waals surface area contributed by atoms with Gasteiger partial charge in [0.1, 0.15) is 6.10 Å². The molecule has 0 amide bonds. The summed E-state index contributed by atoms with van der Waals surface area (Å²) in [4.78, 5) is 12.7. The first-order chi connectivity index (χ1) is 13.8. The highest BCUT2D eigenvalue weighted by Crippen LogP contribution is 2.56. The molecule has 1 fully saturated rings. The van der Waals surface area contributed by atoms with Gasteiger partial charge >= 0.3 is 5.97 Å².